The van der Waals surface area contributed by atoms with Crippen LogP contribution in [0, 0.1) is 5.41 Å². The van der Waals surface area contributed by atoms with Crippen molar-refractivity contribution in [3.05, 3.63) is 0 Å². The lowest BCUT2D eigenvalue weighted by Crippen LogP contribution is -2.33. The summed E-state index contributed by atoms with van der Waals surface area (Å²) in [7, 11) is 0. The third kappa shape index (κ3) is 2.97. The maximum absolute atomic E-state index is 11.4. The van der Waals surface area contributed by atoms with E-state index in [0.29, 0.717) is 6.42 Å². The Hall–Kier alpha value is -0.610. The van der Waals surface area contributed by atoms with E-state index in [1.807, 2.05) is 20.8 Å². The molecule has 1 aliphatic heterocycles. The molecule has 0 saturated carbocycles. The van der Waals surface area contributed by atoms with E-state index >= 15 is 0 Å². The third-order valence-electron chi connectivity index (χ3n) is 1.99. The topological polar surface area (TPSA) is 64.3 Å². The standard InChI is InChI=1S/C9H18N2O2/c1-9(2,3)8(12)13-7-4-6(10)5-11-7/h6-7,11H,4-5,10H2,1-3H3/t6-,7?/m0/s1. The molecule has 0 bridgehead atoms. The van der Waals surface area contributed by atoms with Crippen molar-refractivity contribution in [2.75, 3.05) is 6.54 Å². The van der Waals surface area contributed by atoms with Crippen molar-refractivity contribution in [2.24, 2.45) is 11.1 Å². The molecule has 0 aliphatic carbocycles. The van der Waals surface area contributed by atoms with E-state index in [2.05, 4.69) is 5.32 Å². The Labute approximate surface area is 78.8 Å². The van der Waals surface area contributed by atoms with Gasteiger partial charge in [0.15, 0.2) is 6.23 Å². The highest BCUT2D eigenvalue weighted by molar-refractivity contribution is 5.75. The summed E-state index contributed by atoms with van der Waals surface area (Å²) in [4.78, 5) is 11.4. The molecule has 0 spiro atoms. The first kappa shape index (κ1) is 10.5. The Balaban J connectivity index is 2.37. The van der Waals surface area contributed by atoms with Crippen LogP contribution < -0.4 is 11.1 Å². The zero-order valence-corrected chi connectivity index (χ0v) is 8.46. The lowest BCUT2D eigenvalue weighted by Gasteiger charge is -2.20. The summed E-state index contributed by atoms with van der Waals surface area (Å²) in [5.74, 6) is -0.181. The minimum Gasteiger partial charge on any atom is -0.446 e. The van der Waals surface area contributed by atoms with Crippen molar-refractivity contribution in [3.63, 3.8) is 0 Å². The largest absolute Gasteiger partial charge is 0.446 e. The predicted molar refractivity (Wildman–Crippen MR) is 49.9 cm³/mol. The van der Waals surface area contributed by atoms with Gasteiger partial charge >= 0.3 is 5.97 Å². The van der Waals surface area contributed by atoms with Gasteiger partial charge in [0.2, 0.25) is 0 Å². The van der Waals surface area contributed by atoms with Gasteiger partial charge in [-0.05, 0) is 20.8 Å². The zero-order valence-electron chi connectivity index (χ0n) is 8.46. The summed E-state index contributed by atoms with van der Waals surface area (Å²) >= 11 is 0. The van der Waals surface area contributed by atoms with E-state index in [9.17, 15) is 4.79 Å². The van der Waals surface area contributed by atoms with Crippen LogP contribution in [0.5, 0.6) is 0 Å². The normalized spacial score (nSPS) is 28.9. The first-order chi connectivity index (χ1) is 5.89. The number of carbonyl (C=O) groups excluding carboxylic acids is 1. The van der Waals surface area contributed by atoms with Gasteiger partial charge in [0.25, 0.3) is 0 Å². The fraction of sp³-hybridized carbons (Fsp3) is 0.889. The number of nitrogens with two attached hydrogens (primary N) is 1. The maximum Gasteiger partial charge on any atom is 0.312 e. The molecule has 1 heterocycles. The molecule has 1 saturated heterocycles. The Morgan fingerprint density at radius 2 is 2.15 bits per heavy atom. The van der Waals surface area contributed by atoms with E-state index in [-0.39, 0.29) is 18.2 Å². The quantitative estimate of drug-likeness (QED) is 0.575. The highest BCUT2D eigenvalue weighted by Gasteiger charge is 2.29. The van der Waals surface area contributed by atoms with Gasteiger partial charge in [0.05, 0.1) is 5.41 Å². The van der Waals surface area contributed by atoms with E-state index in [4.69, 9.17) is 10.5 Å². The fourth-order valence-electron chi connectivity index (χ4n) is 1.12. The van der Waals surface area contributed by atoms with Crippen LogP contribution >= 0.6 is 0 Å². The lowest BCUT2D eigenvalue weighted by atomic mass is 9.97. The Morgan fingerprint density at radius 1 is 1.54 bits per heavy atom. The minimum atomic E-state index is -0.436. The highest BCUT2D eigenvalue weighted by Crippen LogP contribution is 2.18. The second-order valence-electron chi connectivity index (χ2n) is 4.55. The number of carbonyl (C=O) groups is 1. The predicted octanol–water partition coefficient (Wildman–Crippen LogP) is 0.222. The van der Waals surface area contributed by atoms with E-state index in [0.717, 1.165) is 6.54 Å². The summed E-state index contributed by atoms with van der Waals surface area (Å²) in [5.41, 5.74) is 5.22. The molecular formula is C9H18N2O2. The van der Waals surface area contributed by atoms with Crippen LogP contribution in [0.25, 0.3) is 0 Å². The van der Waals surface area contributed by atoms with Crippen molar-refractivity contribution in [3.8, 4) is 0 Å². The molecule has 4 nitrogen and oxygen atoms in total. The molecule has 0 amide bonds. The van der Waals surface area contributed by atoms with Gasteiger partial charge in [-0.15, -0.1) is 0 Å². The molecule has 1 unspecified atom stereocenters. The molecule has 3 N–H and O–H groups in total. The molecular weight excluding hydrogens is 168 g/mol. The number of nitrogens with one attached hydrogen (secondary N) is 1. The Bertz CT molecular complexity index is 198. The van der Waals surface area contributed by atoms with E-state index < -0.39 is 5.41 Å². The lowest BCUT2D eigenvalue weighted by molar-refractivity contribution is -0.159. The van der Waals surface area contributed by atoms with Crippen LogP contribution in [-0.4, -0.2) is 24.8 Å². The summed E-state index contributed by atoms with van der Waals surface area (Å²) in [5, 5.41) is 3.04. The monoisotopic (exact) mass is 186 g/mol. The first-order valence-electron chi connectivity index (χ1n) is 4.59. The van der Waals surface area contributed by atoms with Crippen LogP contribution in [0.1, 0.15) is 27.2 Å². The van der Waals surface area contributed by atoms with E-state index in [1.54, 1.807) is 0 Å². The number of hydrogen-bond acceptors (Lipinski definition) is 4. The van der Waals surface area contributed by atoms with Gasteiger partial charge in [-0.2, -0.15) is 0 Å². The van der Waals surface area contributed by atoms with Crippen LogP contribution in [0.3, 0.4) is 0 Å². The first-order valence-corrected chi connectivity index (χ1v) is 4.59. The summed E-state index contributed by atoms with van der Waals surface area (Å²) in [6.45, 7) is 6.24. The average Bonchev–Trinajstić information content (AvgIpc) is 2.33. The SMILES string of the molecule is CC(C)(C)C(=O)OC1C[C@H](N)CN1. The molecule has 2 atom stereocenters. The smallest absolute Gasteiger partial charge is 0.312 e. The Morgan fingerprint density at radius 3 is 2.54 bits per heavy atom. The van der Waals surface area contributed by atoms with Gasteiger partial charge < -0.3 is 10.5 Å². The molecule has 1 rings (SSSR count). The molecule has 4 heteroatoms. The molecule has 13 heavy (non-hydrogen) atoms. The molecule has 0 aromatic carbocycles. The number of ether oxygens (including phenoxy) is 1. The number of rotatable bonds is 1. The molecule has 0 aromatic heterocycles. The fourth-order valence-corrected chi connectivity index (χ4v) is 1.12. The summed E-state index contributed by atoms with van der Waals surface area (Å²) in [6, 6.07) is 0.109. The van der Waals surface area contributed by atoms with Crippen molar-refractivity contribution < 1.29 is 9.53 Å². The minimum absolute atomic E-state index is 0.109. The van der Waals surface area contributed by atoms with Gasteiger partial charge in [0, 0.05) is 19.0 Å². The van der Waals surface area contributed by atoms with Gasteiger partial charge in [-0.1, -0.05) is 0 Å². The molecule has 0 aromatic rings. The van der Waals surface area contributed by atoms with Crippen LogP contribution in [-0.2, 0) is 9.53 Å². The maximum atomic E-state index is 11.4. The van der Waals surface area contributed by atoms with Crippen LogP contribution in [0.2, 0.25) is 0 Å². The molecule has 1 fully saturated rings. The summed E-state index contributed by atoms with van der Waals surface area (Å²) < 4.78 is 5.22. The summed E-state index contributed by atoms with van der Waals surface area (Å²) in [6.07, 6.45) is 0.517. The third-order valence-corrected chi connectivity index (χ3v) is 1.99. The van der Waals surface area contributed by atoms with Crippen molar-refractivity contribution in [2.45, 2.75) is 39.5 Å². The molecule has 0 radical (unpaired) electrons. The number of esters is 1. The second-order valence-corrected chi connectivity index (χ2v) is 4.55. The highest BCUT2D eigenvalue weighted by atomic mass is 16.6. The van der Waals surface area contributed by atoms with Crippen LogP contribution in [0.4, 0.5) is 0 Å². The number of hydrogen-bond donors (Lipinski definition) is 2. The Kier molecular flexibility index (Phi) is 2.93. The second kappa shape index (κ2) is 3.64. The van der Waals surface area contributed by atoms with Crippen molar-refractivity contribution in [1.29, 1.82) is 0 Å². The van der Waals surface area contributed by atoms with Crippen molar-refractivity contribution in [1.82, 2.24) is 5.32 Å². The molecule has 1 aliphatic rings. The van der Waals surface area contributed by atoms with Gasteiger partial charge in [0.1, 0.15) is 0 Å². The van der Waals surface area contributed by atoms with E-state index in [1.165, 1.54) is 0 Å². The zero-order chi connectivity index (χ0) is 10.1. The average molecular weight is 186 g/mol. The van der Waals surface area contributed by atoms with Gasteiger partial charge in [-0.25, -0.2) is 0 Å². The van der Waals surface area contributed by atoms with Gasteiger partial charge in [-0.3, -0.25) is 10.1 Å². The van der Waals surface area contributed by atoms with Crippen molar-refractivity contribution >= 4 is 5.97 Å². The van der Waals surface area contributed by atoms with Crippen LogP contribution in [0.15, 0.2) is 0 Å². The molecule has 76 valence electrons.